The number of aliphatic hydroxyl groups is 1. The fourth-order valence-electron chi connectivity index (χ4n) is 3.94. The topological polar surface area (TPSA) is 59.8 Å². The first-order chi connectivity index (χ1) is 16.5. The van der Waals surface area contributed by atoms with Gasteiger partial charge in [-0.25, -0.2) is 4.68 Å². The molecule has 34 heavy (non-hydrogen) atoms. The molecule has 1 unspecified atom stereocenters. The molecule has 0 bridgehead atoms. The zero-order chi connectivity index (χ0) is 24.3. The Morgan fingerprint density at radius 2 is 1.65 bits per heavy atom. The van der Waals surface area contributed by atoms with E-state index in [9.17, 15) is 5.11 Å². The van der Waals surface area contributed by atoms with Crippen LogP contribution in [0.1, 0.15) is 45.4 Å². The summed E-state index contributed by atoms with van der Waals surface area (Å²) in [4.78, 5) is 2.27. The summed E-state index contributed by atoms with van der Waals surface area (Å²) in [5, 5.41) is 15.6. The van der Waals surface area contributed by atoms with E-state index in [1.54, 1.807) is 0 Å². The average Bonchev–Trinajstić information content (AvgIpc) is 3.17. The molecule has 0 spiro atoms. The molecule has 184 valence electrons. The molecule has 1 heterocycles. The Labute approximate surface area is 204 Å². The summed E-state index contributed by atoms with van der Waals surface area (Å²) < 4.78 is 14.0. The summed E-state index contributed by atoms with van der Waals surface area (Å²) in [7, 11) is 0. The smallest absolute Gasteiger partial charge is 0.227 e. The molecule has 0 amide bonds. The van der Waals surface area contributed by atoms with E-state index in [0.29, 0.717) is 32.2 Å². The normalized spacial score (nSPS) is 12.4. The van der Waals surface area contributed by atoms with Gasteiger partial charge in [-0.3, -0.25) is 4.90 Å². The van der Waals surface area contributed by atoms with Gasteiger partial charge in [-0.2, -0.15) is 5.10 Å². The summed E-state index contributed by atoms with van der Waals surface area (Å²) in [5.74, 6) is 1.95. The zero-order valence-corrected chi connectivity index (χ0v) is 21.0. The van der Waals surface area contributed by atoms with Crippen molar-refractivity contribution in [1.82, 2.24) is 14.7 Å². The number of hydrogen-bond acceptors (Lipinski definition) is 5. The molecule has 3 rings (SSSR count). The number of nitrogens with zero attached hydrogens (tertiary/aromatic N) is 3. The average molecular weight is 466 g/mol. The molecule has 0 saturated heterocycles. The van der Waals surface area contributed by atoms with E-state index >= 15 is 0 Å². The van der Waals surface area contributed by atoms with Crippen molar-refractivity contribution in [2.75, 3.05) is 26.3 Å². The lowest BCUT2D eigenvalue weighted by Crippen LogP contribution is -2.35. The minimum absolute atomic E-state index is 0.343. The van der Waals surface area contributed by atoms with Crippen LogP contribution in [-0.2, 0) is 17.7 Å². The van der Waals surface area contributed by atoms with Crippen LogP contribution in [0.4, 0.5) is 0 Å². The van der Waals surface area contributed by atoms with Gasteiger partial charge in [-0.15, -0.1) is 0 Å². The maximum atomic E-state index is 10.6. The molecule has 1 atom stereocenters. The highest BCUT2D eigenvalue weighted by Gasteiger charge is 2.23. The predicted octanol–water partition coefficient (Wildman–Crippen LogP) is 5.47. The van der Waals surface area contributed by atoms with Gasteiger partial charge in [0.2, 0.25) is 5.88 Å². The summed E-state index contributed by atoms with van der Waals surface area (Å²) in [5.41, 5.74) is 3.01. The van der Waals surface area contributed by atoms with Crippen LogP contribution >= 0.6 is 0 Å². The number of aliphatic hydroxyl groups excluding tert-OH is 1. The van der Waals surface area contributed by atoms with Gasteiger partial charge in [0.05, 0.1) is 29.7 Å². The Balaban J connectivity index is 1.90. The number of para-hydroxylation sites is 2. The van der Waals surface area contributed by atoms with Gasteiger partial charge >= 0.3 is 0 Å². The molecule has 0 aliphatic rings. The first kappa shape index (κ1) is 25.9. The fourth-order valence-corrected chi connectivity index (χ4v) is 3.94. The molecule has 0 aliphatic carbocycles. The van der Waals surface area contributed by atoms with Crippen LogP contribution in [0.25, 0.3) is 5.69 Å². The van der Waals surface area contributed by atoms with E-state index in [2.05, 4.69) is 32.6 Å². The highest BCUT2D eigenvalue weighted by atomic mass is 16.5. The van der Waals surface area contributed by atoms with E-state index in [1.807, 2.05) is 65.3 Å². The Kier molecular flexibility index (Phi) is 10.1. The maximum absolute atomic E-state index is 10.6. The highest BCUT2D eigenvalue weighted by molar-refractivity contribution is 5.43. The Hall–Kier alpha value is -2.67. The molecule has 3 aromatic rings. The zero-order valence-electron chi connectivity index (χ0n) is 21.0. The number of benzene rings is 2. The van der Waals surface area contributed by atoms with Crippen LogP contribution in [0.2, 0.25) is 0 Å². The Morgan fingerprint density at radius 3 is 2.26 bits per heavy atom. The molecule has 1 aromatic heterocycles. The van der Waals surface area contributed by atoms with Crippen molar-refractivity contribution in [2.24, 2.45) is 5.92 Å². The molecule has 0 radical (unpaired) electrons. The van der Waals surface area contributed by atoms with Crippen molar-refractivity contribution < 1.29 is 14.6 Å². The summed E-state index contributed by atoms with van der Waals surface area (Å²) >= 11 is 0. The number of aromatic nitrogens is 2. The van der Waals surface area contributed by atoms with Crippen LogP contribution in [0.15, 0.2) is 60.7 Å². The number of rotatable bonds is 14. The van der Waals surface area contributed by atoms with Crippen LogP contribution in [0, 0.1) is 5.92 Å². The summed E-state index contributed by atoms with van der Waals surface area (Å²) in [6, 6.07) is 19.9. The lowest BCUT2D eigenvalue weighted by Gasteiger charge is -2.25. The van der Waals surface area contributed by atoms with E-state index < -0.39 is 6.10 Å². The molecular weight excluding hydrogens is 426 g/mol. The number of hydrogen-bond donors (Lipinski definition) is 1. The minimum Gasteiger partial charge on any atom is -0.439 e. The fraction of sp³-hybridized carbons (Fsp3) is 0.464. The second-order valence-electron chi connectivity index (χ2n) is 9.07. The van der Waals surface area contributed by atoms with Gasteiger partial charge in [0.1, 0.15) is 5.75 Å². The molecule has 1 N–H and O–H groups in total. The first-order valence-corrected chi connectivity index (χ1v) is 12.4. The van der Waals surface area contributed by atoms with Crippen LogP contribution in [0.5, 0.6) is 11.6 Å². The van der Waals surface area contributed by atoms with Gasteiger partial charge in [-0.05, 0) is 49.6 Å². The molecule has 0 fully saturated rings. The van der Waals surface area contributed by atoms with Gasteiger partial charge in [0.15, 0.2) is 0 Å². The molecular formula is C28H39N3O3. The Morgan fingerprint density at radius 1 is 0.971 bits per heavy atom. The van der Waals surface area contributed by atoms with E-state index in [4.69, 9.17) is 14.6 Å². The quantitative estimate of drug-likeness (QED) is 0.342. The van der Waals surface area contributed by atoms with Crippen molar-refractivity contribution in [3.8, 4) is 17.3 Å². The van der Waals surface area contributed by atoms with Crippen molar-refractivity contribution in [3.63, 3.8) is 0 Å². The maximum Gasteiger partial charge on any atom is 0.227 e. The van der Waals surface area contributed by atoms with Crippen molar-refractivity contribution in [3.05, 3.63) is 71.9 Å². The third kappa shape index (κ3) is 7.42. The monoisotopic (exact) mass is 465 g/mol. The number of ether oxygens (including phenoxy) is 2. The molecule has 0 aliphatic heterocycles. The SMILES string of the molecule is CCCN(Cc1c(CC)nn(-c2ccccc2)c1Oc1ccccc1)CC(O)COCC(C)C. The van der Waals surface area contributed by atoms with E-state index in [-0.39, 0.29) is 0 Å². The van der Waals surface area contributed by atoms with Crippen LogP contribution in [-0.4, -0.2) is 52.2 Å². The lowest BCUT2D eigenvalue weighted by atomic mass is 10.1. The summed E-state index contributed by atoms with van der Waals surface area (Å²) in [6.07, 6.45) is 1.24. The third-order valence-corrected chi connectivity index (χ3v) is 5.46. The largest absolute Gasteiger partial charge is 0.439 e. The van der Waals surface area contributed by atoms with Crippen LogP contribution in [0.3, 0.4) is 0 Å². The second kappa shape index (κ2) is 13.3. The van der Waals surface area contributed by atoms with Gasteiger partial charge in [-0.1, -0.05) is 64.1 Å². The third-order valence-electron chi connectivity index (χ3n) is 5.46. The lowest BCUT2D eigenvalue weighted by molar-refractivity contribution is 0.00680. The van der Waals surface area contributed by atoms with E-state index in [0.717, 1.165) is 48.0 Å². The Bertz CT molecular complexity index is 973. The summed E-state index contributed by atoms with van der Waals surface area (Å²) in [6.45, 7) is 11.5. The van der Waals surface area contributed by atoms with Gasteiger partial charge in [0, 0.05) is 19.7 Å². The van der Waals surface area contributed by atoms with Crippen molar-refractivity contribution in [2.45, 2.75) is 53.2 Å². The molecule has 2 aromatic carbocycles. The van der Waals surface area contributed by atoms with Gasteiger partial charge in [0.25, 0.3) is 0 Å². The van der Waals surface area contributed by atoms with Crippen molar-refractivity contribution >= 4 is 0 Å². The van der Waals surface area contributed by atoms with Crippen molar-refractivity contribution in [1.29, 1.82) is 0 Å². The molecule has 6 nitrogen and oxygen atoms in total. The predicted molar refractivity (Wildman–Crippen MR) is 137 cm³/mol. The molecule has 6 heteroatoms. The molecule has 0 saturated carbocycles. The number of aryl methyl sites for hydroxylation is 1. The minimum atomic E-state index is -0.543. The van der Waals surface area contributed by atoms with E-state index in [1.165, 1.54) is 0 Å². The standard InChI is InChI=1S/C28H39N3O3/c1-5-17-30(18-24(32)21-33-20-22(3)4)19-26-27(6-2)29-31(23-13-9-7-10-14-23)28(26)34-25-15-11-8-12-16-25/h7-16,22,24,32H,5-6,17-21H2,1-4H3. The van der Waals surface area contributed by atoms with Gasteiger partial charge < -0.3 is 14.6 Å². The van der Waals surface area contributed by atoms with Crippen LogP contribution < -0.4 is 4.74 Å². The highest BCUT2D eigenvalue weighted by Crippen LogP contribution is 2.32. The first-order valence-electron chi connectivity index (χ1n) is 12.4. The second-order valence-corrected chi connectivity index (χ2v) is 9.07.